The van der Waals surface area contributed by atoms with Gasteiger partial charge in [0.05, 0.1) is 4.83 Å². The Kier molecular flexibility index (Phi) is 3.87. The Balaban J connectivity index is 1.65. The first-order chi connectivity index (χ1) is 11.4. The first kappa shape index (κ1) is 16.3. The number of rotatable bonds is 1. The Morgan fingerprint density at radius 2 is 2.12 bits per heavy atom. The summed E-state index contributed by atoms with van der Waals surface area (Å²) in [6.07, 6.45) is 5.21. The monoisotopic (exact) mass is 390 g/mol. The molecule has 3 aliphatic rings. The number of carbonyl (C=O) groups excluding carboxylic acids is 2. The molecule has 0 aromatic heterocycles. The number of ketones is 1. The summed E-state index contributed by atoms with van der Waals surface area (Å²) in [5.41, 5.74) is 2.60. The first-order valence-corrected chi connectivity index (χ1v) is 9.81. The van der Waals surface area contributed by atoms with E-state index in [2.05, 4.69) is 28.9 Å². The summed E-state index contributed by atoms with van der Waals surface area (Å²) in [6, 6.07) is 6.10. The van der Waals surface area contributed by atoms with Crippen molar-refractivity contribution in [3.05, 3.63) is 29.3 Å². The van der Waals surface area contributed by atoms with E-state index in [4.69, 9.17) is 4.74 Å². The van der Waals surface area contributed by atoms with Crippen LogP contribution in [0.2, 0.25) is 0 Å². The molecule has 1 aromatic carbocycles. The van der Waals surface area contributed by atoms with Gasteiger partial charge in [0.25, 0.3) is 0 Å². The summed E-state index contributed by atoms with van der Waals surface area (Å²) in [6.45, 7) is 3.63. The van der Waals surface area contributed by atoms with Crippen LogP contribution in [0, 0.1) is 17.3 Å². The molecule has 3 aliphatic carbocycles. The normalized spacial score (nSPS) is 37.4. The van der Waals surface area contributed by atoms with Crippen molar-refractivity contribution >= 4 is 27.7 Å². The molecular formula is C20H23BrO3. The second-order valence-corrected chi connectivity index (χ2v) is 9.00. The van der Waals surface area contributed by atoms with Crippen molar-refractivity contribution in [1.82, 2.24) is 0 Å². The Morgan fingerprint density at radius 1 is 1.33 bits per heavy atom. The van der Waals surface area contributed by atoms with E-state index in [0.717, 1.165) is 32.1 Å². The van der Waals surface area contributed by atoms with Gasteiger partial charge in [-0.05, 0) is 73.1 Å². The Hall–Kier alpha value is -1.16. The molecule has 5 atom stereocenters. The average Bonchev–Trinajstić information content (AvgIpc) is 2.77. The van der Waals surface area contributed by atoms with Crippen LogP contribution in [-0.4, -0.2) is 16.6 Å². The van der Waals surface area contributed by atoms with Gasteiger partial charge in [-0.1, -0.05) is 28.9 Å². The molecule has 1 aromatic rings. The molecule has 0 aliphatic heterocycles. The van der Waals surface area contributed by atoms with Crippen LogP contribution >= 0.6 is 15.9 Å². The van der Waals surface area contributed by atoms with Gasteiger partial charge >= 0.3 is 5.97 Å². The van der Waals surface area contributed by atoms with Crippen LogP contribution in [0.25, 0.3) is 0 Å². The maximum absolute atomic E-state index is 12.6. The highest BCUT2D eigenvalue weighted by Crippen LogP contribution is 2.60. The number of hydrogen-bond acceptors (Lipinski definition) is 3. The van der Waals surface area contributed by atoms with Gasteiger partial charge < -0.3 is 4.74 Å². The molecule has 0 heterocycles. The highest BCUT2D eigenvalue weighted by Gasteiger charge is 2.57. The number of ether oxygens (including phenoxy) is 1. The zero-order valence-electron chi connectivity index (χ0n) is 14.2. The molecule has 2 fully saturated rings. The number of hydrogen-bond donors (Lipinski definition) is 0. The fourth-order valence-corrected chi connectivity index (χ4v) is 6.46. The van der Waals surface area contributed by atoms with Gasteiger partial charge in [0.1, 0.15) is 5.75 Å². The minimum atomic E-state index is -0.273. The van der Waals surface area contributed by atoms with E-state index in [1.807, 2.05) is 12.1 Å². The lowest BCUT2D eigenvalue weighted by atomic mass is 9.55. The van der Waals surface area contributed by atoms with Crippen molar-refractivity contribution in [3.8, 4) is 5.75 Å². The van der Waals surface area contributed by atoms with E-state index in [-0.39, 0.29) is 16.2 Å². The molecule has 0 N–H and O–H groups in total. The SMILES string of the molecule is CC(=O)Oc1ccc2c(c1)CC[C@H]1C3C[C@@H](Br)C(=O)[C@@]3(C)CC[C@@H]21. The van der Waals surface area contributed by atoms with Crippen LogP contribution in [0.3, 0.4) is 0 Å². The van der Waals surface area contributed by atoms with Gasteiger partial charge in [0.15, 0.2) is 5.78 Å². The summed E-state index contributed by atoms with van der Waals surface area (Å²) in [5.74, 6) is 2.43. The minimum Gasteiger partial charge on any atom is -0.427 e. The van der Waals surface area contributed by atoms with Crippen LogP contribution in [0.1, 0.15) is 56.6 Å². The summed E-state index contributed by atoms with van der Waals surface area (Å²) >= 11 is 3.61. The number of alkyl halides is 1. The lowest BCUT2D eigenvalue weighted by Gasteiger charge is -2.48. The Morgan fingerprint density at radius 3 is 2.88 bits per heavy atom. The van der Waals surface area contributed by atoms with Gasteiger partial charge in [-0.3, -0.25) is 9.59 Å². The standard InChI is InChI=1S/C20H23BrO3/c1-11(22)24-13-4-6-14-12(9-13)3-5-16-15(14)7-8-20(2)17(16)10-18(21)19(20)23/h4,6,9,15-18H,3,5,7-8,10H2,1-2H3/t15-,16+,17?,18+,20-/m0/s1. The van der Waals surface area contributed by atoms with E-state index < -0.39 is 0 Å². The fraction of sp³-hybridized carbons (Fsp3) is 0.600. The molecule has 0 amide bonds. The van der Waals surface area contributed by atoms with Crippen LogP contribution < -0.4 is 4.74 Å². The molecule has 3 nitrogen and oxygen atoms in total. The molecule has 0 saturated heterocycles. The highest BCUT2D eigenvalue weighted by molar-refractivity contribution is 9.10. The Bertz CT molecular complexity index is 713. The quantitative estimate of drug-likeness (QED) is 0.405. The zero-order chi connectivity index (χ0) is 17.1. The van der Waals surface area contributed by atoms with Gasteiger partial charge in [-0.2, -0.15) is 0 Å². The van der Waals surface area contributed by atoms with E-state index in [1.54, 1.807) is 0 Å². The van der Waals surface area contributed by atoms with Gasteiger partial charge in [0.2, 0.25) is 0 Å². The smallest absolute Gasteiger partial charge is 0.308 e. The average molecular weight is 391 g/mol. The van der Waals surface area contributed by atoms with Crippen molar-refractivity contribution in [2.75, 3.05) is 0 Å². The van der Waals surface area contributed by atoms with E-state index in [0.29, 0.717) is 29.3 Å². The van der Waals surface area contributed by atoms with Crippen molar-refractivity contribution in [2.45, 2.75) is 56.7 Å². The lowest BCUT2D eigenvalue weighted by Crippen LogP contribution is -2.42. The molecule has 1 unspecified atom stereocenters. The number of Topliss-reactive ketones (excluding diaryl/α,β-unsaturated/α-hetero) is 1. The van der Waals surface area contributed by atoms with Crippen LogP contribution in [0.4, 0.5) is 0 Å². The van der Waals surface area contributed by atoms with Crippen molar-refractivity contribution in [3.63, 3.8) is 0 Å². The lowest BCUT2D eigenvalue weighted by molar-refractivity contribution is -0.132. The highest BCUT2D eigenvalue weighted by atomic mass is 79.9. The van der Waals surface area contributed by atoms with Crippen molar-refractivity contribution in [1.29, 1.82) is 0 Å². The third kappa shape index (κ3) is 2.37. The number of halogens is 1. The van der Waals surface area contributed by atoms with Gasteiger partial charge in [0, 0.05) is 12.3 Å². The molecule has 2 saturated carbocycles. The van der Waals surface area contributed by atoms with Crippen LogP contribution in [0.15, 0.2) is 18.2 Å². The second kappa shape index (κ2) is 5.69. The predicted molar refractivity (Wildman–Crippen MR) is 95.5 cm³/mol. The maximum Gasteiger partial charge on any atom is 0.308 e. The van der Waals surface area contributed by atoms with Gasteiger partial charge in [-0.15, -0.1) is 0 Å². The van der Waals surface area contributed by atoms with Crippen molar-refractivity contribution < 1.29 is 14.3 Å². The number of esters is 1. The van der Waals surface area contributed by atoms with Crippen LogP contribution in [0.5, 0.6) is 5.75 Å². The molecule has 4 rings (SSSR count). The molecule has 4 heteroatoms. The summed E-state index contributed by atoms with van der Waals surface area (Å²) in [7, 11) is 0. The third-order valence-electron chi connectivity index (χ3n) is 6.66. The fourth-order valence-electron chi connectivity index (χ4n) is 5.54. The second-order valence-electron chi connectivity index (χ2n) is 7.89. The molecule has 24 heavy (non-hydrogen) atoms. The van der Waals surface area contributed by atoms with E-state index >= 15 is 0 Å². The molecule has 0 bridgehead atoms. The molecule has 128 valence electrons. The zero-order valence-corrected chi connectivity index (χ0v) is 15.8. The summed E-state index contributed by atoms with van der Waals surface area (Å²) in [4.78, 5) is 23.8. The number of carbonyl (C=O) groups is 2. The predicted octanol–water partition coefficient (Wildman–Crippen LogP) is 4.41. The van der Waals surface area contributed by atoms with E-state index in [9.17, 15) is 9.59 Å². The van der Waals surface area contributed by atoms with E-state index in [1.165, 1.54) is 18.1 Å². The third-order valence-corrected chi connectivity index (χ3v) is 7.45. The minimum absolute atomic E-state index is 0.0407. The molecular weight excluding hydrogens is 368 g/mol. The maximum atomic E-state index is 12.6. The summed E-state index contributed by atoms with van der Waals surface area (Å²) in [5, 5.41) is 0. The van der Waals surface area contributed by atoms with Gasteiger partial charge in [-0.25, -0.2) is 0 Å². The molecule has 0 radical (unpaired) electrons. The van der Waals surface area contributed by atoms with Crippen LogP contribution in [-0.2, 0) is 16.0 Å². The topological polar surface area (TPSA) is 43.4 Å². The largest absolute Gasteiger partial charge is 0.427 e. The Labute approximate surface area is 151 Å². The molecule has 0 spiro atoms. The number of aryl methyl sites for hydroxylation is 1. The first-order valence-electron chi connectivity index (χ1n) is 8.90. The summed E-state index contributed by atoms with van der Waals surface area (Å²) < 4.78 is 5.24. The number of benzene rings is 1. The number of fused-ring (bicyclic) bond motifs is 5. The van der Waals surface area contributed by atoms with Crippen molar-refractivity contribution in [2.24, 2.45) is 17.3 Å².